The van der Waals surface area contributed by atoms with Gasteiger partial charge in [-0.2, -0.15) is 5.10 Å². The van der Waals surface area contributed by atoms with Crippen molar-refractivity contribution in [1.82, 2.24) is 30.2 Å². The predicted molar refractivity (Wildman–Crippen MR) is 97.9 cm³/mol. The molecule has 3 N–H and O–H groups in total. The minimum absolute atomic E-state index is 0.134. The standard InChI is InChI=1S/C18H21N7O/c26-18(23-14-4-2-7-20-11-14)15-12-22-25-8-5-16(24-17(15)25)21-10-13-3-1-6-19-9-13/h1,3,5-6,8-9,12,14,20H,2,4,7,10-11H2,(H,21,24)(H,23,26)/t14-/m1/s1. The molecule has 4 heterocycles. The van der Waals surface area contributed by atoms with Crippen molar-refractivity contribution >= 4 is 17.4 Å². The fraction of sp³-hybridized carbons (Fsp3) is 0.333. The molecule has 0 unspecified atom stereocenters. The van der Waals surface area contributed by atoms with E-state index in [0.29, 0.717) is 23.6 Å². The molecule has 8 nitrogen and oxygen atoms in total. The summed E-state index contributed by atoms with van der Waals surface area (Å²) in [6.45, 7) is 2.42. The molecule has 26 heavy (non-hydrogen) atoms. The zero-order valence-electron chi connectivity index (χ0n) is 14.4. The van der Waals surface area contributed by atoms with Crippen LogP contribution in [0, 0.1) is 0 Å². The van der Waals surface area contributed by atoms with E-state index in [-0.39, 0.29) is 11.9 Å². The maximum atomic E-state index is 12.6. The first-order chi connectivity index (χ1) is 12.8. The van der Waals surface area contributed by atoms with Crippen molar-refractivity contribution in [3.05, 3.63) is 54.1 Å². The third-order valence-corrected chi connectivity index (χ3v) is 4.44. The average molecular weight is 351 g/mol. The Morgan fingerprint density at radius 2 is 2.31 bits per heavy atom. The van der Waals surface area contributed by atoms with E-state index in [0.717, 1.165) is 31.5 Å². The summed E-state index contributed by atoms with van der Waals surface area (Å²) in [6, 6.07) is 5.88. The molecule has 1 aliphatic heterocycles. The van der Waals surface area contributed by atoms with E-state index in [1.807, 2.05) is 18.2 Å². The molecule has 0 radical (unpaired) electrons. The molecule has 3 aromatic heterocycles. The van der Waals surface area contributed by atoms with Gasteiger partial charge in [-0.1, -0.05) is 6.07 Å². The van der Waals surface area contributed by atoms with Gasteiger partial charge in [-0.05, 0) is 37.1 Å². The van der Waals surface area contributed by atoms with Crippen LogP contribution in [0.15, 0.2) is 43.0 Å². The molecule has 0 aromatic carbocycles. The second-order valence-corrected chi connectivity index (χ2v) is 6.37. The Labute approximate surface area is 151 Å². The van der Waals surface area contributed by atoms with Gasteiger partial charge in [-0.25, -0.2) is 9.50 Å². The maximum absolute atomic E-state index is 12.6. The van der Waals surface area contributed by atoms with Gasteiger partial charge < -0.3 is 16.0 Å². The maximum Gasteiger partial charge on any atom is 0.257 e. The molecule has 4 rings (SSSR count). The van der Waals surface area contributed by atoms with E-state index in [9.17, 15) is 4.79 Å². The molecule has 134 valence electrons. The first kappa shape index (κ1) is 16.5. The molecule has 1 fully saturated rings. The Morgan fingerprint density at radius 3 is 3.12 bits per heavy atom. The summed E-state index contributed by atoms with van der Waals surface area (Å²) in [5.74, 6) is 0.556. The summed E-state index contributed by atoms with van der Waals surface area (Å²) in [5, 5.41) is 13.9. The van der Waals surface area contributed by atoms with Crippen LogP contribution in [0.5, 0.6) is 0 Å². The number of fused-ring (bicyclic) bond motifs is 1. The zero-order chi connectivity index (χ0) is 17.8. The van der Waals surface area contributed by atoms with Crippen LogP contribution in [0.2, 0.25) is 0 Å². The van der Waals surface area contributed by atoms with Crippen molar-refractivity contribution in [2.75, 3.05) is 18.4 Å². The Kier molecular flexibility index (Phi) is 4.74. The Balaban J connectivity index is 1.49. The number of nitrogens with zero attached hydrogens (tertiary/aromatic N) is 4. The number of carbonyl (C=O) groups is 1. The highest BCUT2D eigenvalue weighted by Crippen LogP contribution is 2.13. The number of hydrogen-bond acceptors (Lipinski definition) is 6. The quantitative estimate of drug-likeness (QED) is 0.640. The average Bonchev–Trinajstić information content (AvgIpc) is 3.11. The number of hydrogen-bond donors (Lipinski definition) is 3. The third kappa shape index (κ3) is 3.65. The van der Waals surface area contributed by atoms with Crippen LogP contribution in [0.25, 0.3) is 5.65 Å². The summed E-state index contributed by atoms with van der Waals surface area (Å²) >= 11 is 0. The largest absolute Gasteiger partial charge is 0.366 e. The highest BCUT2D eigenvalue weighted by Gasteiger charge is 2.19. The number of anilines is 1. The van der Waals surface area contributed by atoms with Crippen molar-refractivity contribution in [2.45, 2.75) is 25.4 Å². The van der Waals surface area contributed by atoms with Gasteiger partial charge in [-0.3, -0.25) is 9.78 Å². The summed E-state index contributed by atoms with van der Waals surface area (Å²) < 4.78 is 1.61. The van der Waals surface area contributed by atoms with Gasteiger partial charge in [0.1, 0.15) is 11.4 Å². The first-order valence-electron chi connectivity index (χ1n) is 8.78. The van der Waals surface area contributed by atoms with Gasteiger partial charge in [0, 0.05) is 37.7 Å². The summed E-state index contributed by atoms with van der Waals surface area (Å²) in [5.41, 5.74) is 2.09. The molecule has 1 saturated heterocycles. The molecule has 1 atom stereocenters. The van der Waals surface area contributed by atoms with E-state index < -0.39 is 0 Å². The van der Waals surface area contributed by atoms with E-state index in [2.05, 4.69) is 31.0 Å². The van der Waals surface area contributed by atoms with Crippen LogP contribution in [0.1, 0.15) is 28.8 Å². The number of rotatable bonds is 5. The van der Waals surface area contributed by atoms with E-state index in [1.165, 1.54) is 0 Å². The van der Waals surface area contributed by atoms with Crippen LogP contribution in [0.3, 0.4) is 0 Å². The molecular formula is C18H21N7O. The molecule has 1 aliphatic rings. The van der Waals surface area contributed by atoms with Crippen LogP contribution < -0.4 is 16.0 Å². The van der Waals surface area contributed by atoms with Crippen molar-refractivity contribution in [1.29, 1.82) is 0 Å². The minimum atomic E-state index is -0.134. The van der Waals surface area contributed by atoms with Crippen molar-refractivity contribution < 1.29 is 4.79 Å². The van der Waals surface area contributed by atoms with E-state index in [1.54, 1.807) is 29.3 Å². The lowest BCUT2D eigenvalue weighted by Gasteiger charge is -2.23. The molecule has 0 aliphatic carbocycles. The Hall–Kier alpha value is -3.00. The molecule has 0 saturated carbocycles. The summed E-state index contributed by atoms with van der Waals surface area (Å²) in [7, 11) is 0. The molecule has 0 bridgehead atoms. The summed E-state index contributed by atoms with van der Waals surface area (Å²) in [4.78, 5) is 21.3. The van der Waals surface area contributed by atoms with Crippen LogP contribution in [-0.2, 0) is 6.54 Å². The third-order valence-electron chi connectivity index (χ3n) is 4.44. The summed E-state index contributed by atoms with van der Waals surface area (Å²) in [6.07, 6.45) is 8.98. The number of nitrogens with one attached hydrogen (secondary N) is 3. The lowest BCUT2D eigenvalue weighted by molar-refractivity contribution is 0.0932. The smallest absolute Gasteiger partial charge is 0.257 e. The Bertz CT molecular complexity index is 887. The topological polar surface area (TPSA) is 96.2 Å². The molecule has 1 amide bonds. The van der Waals surface area contributed by atoms with Gasteiger partial charge >= 0.3 is 0 Å². The molecule has 0 spiro atoms. The van der Waals surface area contributed by atoms with Gasteiger partial charge in [0.15, 0.2) is 5.65 Å². The van der Waals surface area contributed by atoms with Crippen molar-refractivity contribution in [3.8, 4) is 0 Å². The lowest BCUT2D eigenvalue weighted by Crippen LogP contribution is -2.45. The lowest BCUT2D eigenvalue weighted by atomic mass is 10.1. The number of carbonyl (C=O) groups excluding carboxylic acids is 1. The fourth-order valence-electron chi connectivity index (χ4n) is 3.06. The Morgan fingerprint density at radius 1 is 1.35 bits per heavy atom. The minimum Gasteiger partial charge on any atom is -0.366 e. The second-order valence-electron chi connectivity index (χ2n) is 6.37. The van der Waals surface area contributed by atoms with E-state index in [4.69, 9.17) is 0 Å². The van der Waals surface area contributed by atoms with Crippen LogP contribution in [-0.4, -0.2) is 44.6 Å². The number of pyridine rings is 1. The van der Waals surface area contributed by atoms with Crippen LogP contribution >= 0.6 is 0 Å². The number of aromatic nitrogens is 4. The normalized spacial score (nSPS) is 17.2. The molecule has 3 aromatic rings. The first-order valence-corrected chi connectivity index (χ1v) is 8.78. The van der Waals surface area contributed by atoms with Crippen molar-refractivity contribution in [2.24, 2.45) is 0 Å². The van der Waals surface area contributed by atoms with Crippen LogP contribution in [0.4, 0.5) is 5.82 Å². The second kappa shape index (κ2) is 7.49. The SMILES string of the molecule is O=C(N[C@@H]1CCCNC1)c1cnn2ccc(NCc3cccnc3)nc12. The highest BCUT2D eigenvalue weighted by atomic mass is 16.1. The fourth-order valence-corrected chi connectivity index (χ4v) is 3.06. The molecule has 8 heteroatoms. The van der Waals surface area contributed by atoms with Gasteiger partial charge in [-0.15, -0.1) is 0 Å². The monoisotopic (exact) mass is 351 g/mol. The number of amides is 1. The van der Waals surface area contributed by atoms with Gasteiger partial charge in [0.2, 0.25) is 0 Å². The van der Waals surface area contributed by atoms with Gasteiger partial charge in [0.25, 0.3) is 5.91 Å². The highest BCUT2D eigenvalue weighted by molar-refractivity contribution is 5.99. The predicted octanol–water partition coefficient (Wildman–Crippen LogP) is 1.22. The van der Waals surface area contributed by atoms with E-state index >= 15 is 0 Å². The van der Waals surface area contributed by atoms with Gasteiger partial charge in [0.05, 0.1) is 6.20 Å². The molecular weight excluding hydrogens is 330 g/mol. The number of piperidine rings is 1. The zero-order valence-corrected chi connectivity index (χ0v) is 14.4. The van der Waals surface area contributed by atoms with Crippen molar-refractivity contribution in [3.63, 3.8) is 0 Å².